The summed E-state index contributed by atoms with van der Waals surface area (Å²) in [5, 5.41) is 10.6. The molecule has 2 aromatic carbocycles. The Labute approximate surface area is 212 Å². The standard InChI is InChI=1S/C31H44O2S/c1-26(2)13-12-14-27(3)19-20-31(24-32,34-29-17-10-7-11-18-29)22-21-30(4,5)25-33-23-28-15-8-6-9-16-28/h6-11,13,15-19,32H,12,14,20-25H2,1-5H3/b27-19+. The van der Waals surface area contributed by atoms with Crippen LogP contribution in [0.1, 0.15) is 72.3 Å². The molecule has 2 rings (SSSR count). The molecule has 0 aromatic heterocycles. The van der Waals surface area contributed by atoms with Gasteiger partial charge in [-0.3, -0.25) is 0 Å². The minimum absolute atomic E-state index is 0.0364. The van der Waals surface area contributed by atoms with Crippen molar-refractivity contribution in [2.24, 2.45) is 5.41 Å². The third kappa shape index (κ3) is 11.1. The summed E-state index contributed by atoms with van der Waals surface area (Å²) in [6, 6.07) is 20.8. The fraction of sp³-hybridized carbons (Fsp3) is 0.484. The number of benzene rings is 2. The van der Waals surface area contributed by atoms with Crippen LogP contribution in [0.3, 0.4) is 0 Å². The third-order valence-electron chi connectivity index (χ3n) is 6.14. The lowest BCUT2D eigenvalue weighted by Crippen LogP contribution is -2.32. The lowest BCUT2D eigenvalue weighted by molar-refractivity contribution is 0.0435. The summed E-state index contributed by atoms with van der Waals surface area (Å²) in [6.45, 7) is 12.6. The number of aliphatic hydroxyl groups is 1. The smallest absolute Gasteiger partial charge is 0.0717 e. The van der Waals surface area contributed by atoms with Gasteiger partial charge < -0.3 is 9.84 Å². The van der Waals surface area contributed by atoms with E-state index in [1.165, 1.54) is 21.6 Å². The van der Waals surface area contributed by atoms with Crippen LogP contribution in [0.5, 0.6) is 0 Å². The highest BCUT2D eigenvalue weighted by Crippen LogP contribution is 2.42. The fourth-order valence-electron chi connectivity index (χ4n) is 3.82. The Hall–Kier alpha value is -1.81. The van der Waals surface area contributed by atoms with Crippen molar-refractivity contribution in [2.45, 2.75) is 83.0 Å². The molecule has 0 spiro atoms. The number of rotatable bonds is 15. The molecule has 0 saturated heterocycles. The maximum absolute atomic E-state index is 10.6. The predicted molar refractivity (Wildman–Crippen MR) is 148 cm³/mol. The van der Waals surface area contributed by atoms with Crippen molar-refractivity contribution in [3.8, 4) is 0 Å². The average Bonchev–Trinajstić information content (AvgIpc) is 2.82. The molecule has 1 unspecified atom stereocenters. The van der Waals surface area contributed by atoms with Crippen LogP contribution in [-0.2, 0) is 11.3 Å². The Kier molecular flexibility index (Phi) is 12.2. The molecular formula is C31H44O2S. The van der Waals surface area contributed by atoms with Crippen molar-refractivity contribution in [1.29, 1.82) is 0 Å². The number of thioether (sulfide) groups is 1. The first-order valence-electron chi connectivity index (χ1n) is 12.5. The molecule has 0 amide bonds. The number of ether oxygens (including phenoxy) is 1. The highest BCUT2D eigenvalue weighted by atomic mass is 32.2. The molecule has 1 atom stereocenters. The molecule has 0 bridgehead atoms. The second kappa shape index (κ2) is 14.6. The first-order valence-corrected chi connectivity index (χ1v) is 13.3. The second-order valence-corrected chi connectivity index (χ2v) is 12.0. The topological polar surface area (TPSA) is 29.5 Å². The molecule has 2 nitrogen and oxygen atoms in total. The van der Waals surface area contributed by atoms with E-state index in [0.29, 0.717) is 13.2 Å². The van der Waals surface area contributed by atoms with E-state index >= 15 is 0 Å². The quantitative estimate of drug-likeness (QED) is 0.204. The van der Waals surface area contributed by atoms with Gasteiger partial charge in [-0.1, -0.05) is 85.7 Å². The third-order valence-corrected chi connectivity index (χ3v) is 7.58. The van der Waals surface area contributed by atoms with E-state index in [9.17, 15) is 5.11 Å². The van der Waals surface area contributed by atoms with Crippen molar-refractivity contribution in [3.05, 3.63) is 89.5 Å². The largest absolute Gasteiger partial charge is 0.395 e. The molecule has 0 aliphatic rings. The van der Waals surface area contributed by atoms with E-state index in [1.807, 2.05) is 23.9 Å². The average molecular weight is 481 g/mol. The van der Waals surface area contributed by atoms with Crippen LogP contribution in [0.15, 0.2) is 88.9 Å². The molecule has 34 heavy (non-hydrogen) atoms. The van der Waals surface area contributed by atoms with Crippen molar-refractivity contribution in [2.75, 3.05) is 13.2 Å². The van der Waals surface area contributed by atoms with Crippen LogP contribution < -0.4 is 0 Å². The van der Waals surface area contributed by atoms with E-state index in [1.54, 1.807) is 0 Å². The van der Waals surface area contributed by atoms with Gasteiger partial charge in [0, 0.05) is 9.64 Å². The van der Waals surface area contributed by atoms with Crippen LogP contribution >= 0.6 is 11.8 Å². The van der Waals surface area contributed by atoms with Gasteiger partial charge in [-0.2, -0.15) is 0 Å². The highest BCUT2D eigenvalue weighted by molar-refractivity contribution is 8.00. The molecule has 186 valence electrons. The van der Waals surface area contributed by atoms with Gasteiger partial charge in [0.1, 0.15) is 0 Å². The van der Waals surface area contributed by atoms with Gasteiger partial charge >= 0.3 is 0 Å². The molecule has 0 fully saturated rings. The SMILES string of the molecule is CC(C)=CCC/C(C)=C/CC(CO)(CCC(C)(C)COCc1ccccc1)Sc1ccccc1. The Balaban J connectivity index is 2.04. The lowest BCUT2D eigenvalue weighted by atomic mass is 9.84. The van der Waals surface area contributed by atoms with Gasteiger partial charge in [0.2, 0.25) is 0 Å². The number of allylic oxidation sites excluding steroid dienone is 4. The molecule has 2 aromatic rings. The maximum Gasteiger partial charge on any atom is 0.0717 e. The minimum Gasteiger partial charge on any atom is -0.395 e. The Morgan fingerprint density at radius 2 is 1.56 bits per heavy atom. The first kappa shape index (κ1) is 28.4. The Bertz CT molecular complexity index is 882. The summed E-state index contributed by atoms with van der Waals surface area (Å²) >= 11 is 1.82. The predicted octanol–water partition coefficient (Wildman–Crippen LogP) is 8.62. The van der Waals surface area contributed by atoms with Crippen molar-refractivity contribution >= 4 is 11.8 Å². The van der Waals surface area contributed by atoms with Crippen molar-refractivity contribution < 1.29 is 9.84 Å². The Morgan fingerprint density at radius 1 is 0.912 bits per heavy atom. The van der Waals surface area contributed by atoms with Crippen molar-refractivity contribution in [3.63, 3.8) is 0 Å². The minimum atomic E-state index is -0.240. The summed E-state index contributed by atoms with van der Waals surface area (Å²) in [7, 11) is 0. The molecule has 0 aliphatic carbocycles. The van der Waals surface area contributed by atoms with Gasteiger partial charge in [0.05, 0.1) is 19.8 Å². The normalized spacial score (nSPS) is 14.0. The van der Waals surface area contributed by atoms with Crippen LogP contribution in [-0.4, -0.2) is 23.1 Å². The van der Waals surface area contributed by atoms with Crippen LogP contribution in [0.2, 0.25) is 0 Å². The maximum atomic E-state index is 10.6. The van der Waals surface area contributed by atoms with Crippen LogP contribution in [0.4, 0.5) is 0 Å². The van der Waals surface area contributed by atoms with Crippen LogP contribution in [0, 0.1) is 5.41 Å². The summed E-state index contributed by atoms with van der Waals surface area (Å²) in [5.74, 6) is 0. The summed E-state index contributed by atoms with van der Waals surface area (Å²) in [5.41, 5.74) is 4.01. The molecule has 0 heterocycles. The van der Waals surface area contributed by atoms with E-state index < -0.39 is 0 Å². The molecular weight excluding hydrogens is 436 g/mol. The highest BCUT2D eigenvalue weighted by Gasteiger charge is 2.32. The van der Waals surface area contributed by atoms with Gasteiger partial charge in [0.15, 0.2) is 0 Å². The molecule has 3 heteroatoms. The van der Waals surface area contributed by atoms with Crippen molar-refractivity contribution in [1.82, 2.24) is 0 Å². The molecule has 0 aliphatic heterocycles. The number of hydrogen-bond acceptors (Lipinski definition) is 3. The summed E-state index contributed by atoms with van der Waals surface area (Å²) in [4.78, 5) is 1.21. The Morgan fingerprint density at radius 3 is 2.18 bits per heavy atom. The van der Waals surface area contributed by atoms with Crippen LogP contribution in [0.25, 0.3) is 0 Å². The summed E-state index contributed by atoms with van der Waals surface area (Å²) in [6.07, 6.45) is 9.59. The second-order valence-electron chi connectivity index (χ2n) is 10.5. The monoisotopic (exact) mass is 480 g/mol. The molecule has 0 saturated carbocycles. The van der Waals surface area contributed by atoms with E-state index in [-0.39, 0.29) is 16.8 Å². The first-order chi connectivity index (χ1) is 16.2. The van der Waals surface area contributed by atoms with E-state index in [0.717, 1.165) is 32.1 Å². The van der Waals surface area contributed by atoms with E-state index in [2.05, 4.69) is 95.3 Å². The summed E-state index contributed by atoms with van der Waals surface area (Å²) < 4.78 is 5.84. The van der Waals surface area contributed by atoms with Gasteiger partial charge in [0.25, 0.3) is 0 Å². The van der Waals surface area contributed by atoms with Gasteiger partial charge in [-0.05, 0) is 76.0 Å². The lowest BCUT2D eigenvalue weighted by Gasteiger charge is -2.35. The zero-order chi connectivity index (χ0) is 24.9. The zero-order valence-electron chi connectivity index (χ0n) is 21.8. The van der Waals surface area contributed by atoms with Gasteiger partial charge in [-0.25, -0.2) is 0 Å². The molecule has 0 radical (unpaired) electrons. The van der Waals surface area contributed by atoms with E-state index in [4.69, 9.17) is 4.74 Å². The number of hydrogen-bond donors (Lipinski definition) is 1. The molecule has 1 N–H and O–H groups in total. The fourth-order valence-corrected chi connectivity index (χ4v) is 5.05. The number of aliphatic hydroxyl groups excluding tert-OH is 1. The van der Waals surface area contributed by atoms with Gasteiger partial charge in [-0.15, -0.1) is 11.8 Å². The zero-order valence-corrected chi connectivity index (χ0v) is 22.7.